The van der Waals surface area contributed by atoms with Crippen LogP contribution in [0, 0.1) is 0 Å². The number of aliphatic hydroxyl groups excluding tert-OH is 1. The molecule has 21 heavy (non-hydrogen) atoms. The zero-order chi connectivity index (χ0) is 15.5. The van der Waals surface area contributed by atoms with Gasteiger partial charge in [0, 0.05) is 17.6 Å². The van der Waals surface area contributed by atoms with Crippen molar-refractivity contribution < 1.29 is 14.9 Å². The second-order valence-electron chi connectivity index (χ2n) is 6.23. The van der Waals surface area contributed by atoms with Crippen molar-refractivity contribution >= 4 is 11.6 Å². The third-order valence-electron chi connectivity index (χ3n) is 3.88. The summed E-state index contributed by atoms with van der Waals surface area (Å²) in [6.45, 7) is 5.31. The van der Waals surface area contributed by atoms with Gasteiger partial charge in [0.05, 0.1) is 5.60 Å². The average molecular weight is 314 g/mol. The van der Waals surface area contributed by atoms with Crippen molar-refractivity contribution in [3.8, 4) is 5.75 Å². The van der Waals surface area contributed by atoms with Gasteiger partial charge in [-0.2, -0.15) is 0 Å². The molecule has 0 radical (unpaired) electrons. The fraction of sp³-hybridized carbons (Fsp3) is 0.625. The van der Waals surface area contributed by atoms with Crippen LogP contribution in [-0.2, 0) is 0 Å². The van der Waals surface area contributed by atoms with Crippen molar-refractivity contribution in [1.82, 2.24) is 4.90 Å². The Morgan fingerprint density at radius 1 is 1.38 bits per heavy atom. The fourth-order valence-electron chi connectivity index (χ4n) is 2.89. The first-order chi connectivity index (χ1) is 9.86. The van der Waals surface area contributed by atoms with E-state index >= 15 is 0 Å². The molecule has 2 N–H and O–H groups in total. The lowest BCUT2D eigenvalue weighted by Crippen LogP contribution is -2.48. The number of β-amino-alcohol motifs (C(OH)–C–C–N with tert-alkyl or cyclic N) is 1. The largest absolute Gasteiger partial charge is 0.491 e. The number of rotatable bonds is 6. The average Bonchev–Trinajstić information content (AvgIpc) is 2.86. The summed E-state index contributed by atoms with van der Waals surface area (Å²) in [7, 11) is 0. The number of hydrogen-bond donors (Lipinski definition) is 2. The lowest BCUT2D eigenvalue weighted by Gasteiger charge is -2.34. The second-order valence-corrected chi connectivity index (χ2v) is 6.66. The van der Waals surface area contributed by atoms with E-state index < -0.39 is 11.7 Å². The first kappa shape index (κ1) is 16.6. The predicted octanol–water partition coefficient (Wildman–Crippen LogP) is 2.32. The summed E-state index contributed by atoms with van der Waals surface area (Å²) >= 11 is 5.81. The standard InChI is InChI=1S/C16H24ClNO3/c1-16(2,20)15-4-3-9-18(15)10-13(19)11-21-14-7-5-12(17)6-8-14/h5-8,13,15,19-20H,3-4,9-11H2,1-2H3. The zero-order valence-corrected chi connectivity index (χ0v) is 13.4. The lowest BCUT2D eigenvalue weighted by atomic mass is 9.96. The quantitative estimate of drug-likeness (QED) is 0.846. The zero-order valence-electron chi connectivity index (χ0n) is 12.6. The molecule has 1 aromatic rings. The van der Waals surface area contributed by atoms with Crippen LogP contribution in [0.1, 0.15) is 26.7 Å². The molecule has 2 rings (SSSR count). The van der Waals surface area contributed by atoms with E-state index in [0.717, 1.165) is 19.4 Å². The van der Waals surface area contributed by atoms with Crippen LogP contribution in [0.2, 0.25) is 5.02 Å². The smallest absolute Gasteiger partial charge is 0.119 e. The van der Waals surface area contributed by atoms with E-state index in [1.807, 2.05) is 13.8 Å². The number of halogens is 1. The molecule has 118 valence electrons. The third-order valence-corrected chi connectivity index (χ3v) is 4.13. The Morgan fingerprint density at radius 2 is 2.05 bits per heavy atom. The molecule has 0 aromatic heterocycles. The molecule has 0 saturated carbocycles. The maximum atomic E-state index is 10.2. The van der Waals surface area contributed by atoms with Gasteiger partial charge in [0.1, 0.15) is 18.5 Å². The summed E-state index contributed by atoms with van der Waals surface area (Å²) in [6, 6.07) is 7.18. The summed E-state index contributed by atoms with van der Waals surface area (Å²) in [5.74, 6) is 0.693. The van der Waals surface area contributed by atoms with Crippen LogP contribution < -0.4 is 4.74 Å². The van der Waals surface area contributed by atoms with Gasteiger partial charge in [-0.25, -0.2) is 0 Å². The van der Waals surface area contributed by atoms with Crippen LogP contribution in [0.3, 0.4) is 0 Å². The van der Waals surface area contributed by atoms with Crippen LogP contribution in [0.4, 0.5) is 0 Å². The summed E-state index contributed by atoms with van der Waals surface area (Å²) in [6.07, 6.45) is 1.44. The van der Waals surface area contributed by atoms with Crippen molar-refractivity contribution in [2.24, 2.45) is 0 Å². The molecule has 0 amide bonds. The van der Waals surface area contributed by atoms with Crippen molar-refractivity contribution in [2.45, 2.75) is 44.4 Å². The molecular weight excluding hydrogens is 290 g/mol. The predicted molar refractivity (Wildman–Crippen MR) is 83.8 cm³/mol. The number of likely N-dealkylation sites (tertiary alicyclic amines) is 1. The molecule has 4 nitrogen and oxygen atoms in total. The third kappa shape index (κ3) is 4.85. The van der Waals surface area contributed by atoms with Crippen LogP contribution >= 0.6 is 11.6 Å². The van der Waals surface area contributed by atoms with E-state index in [-0.39, 0.29) is 12.6 Å². The van der Waals surface area contributed by atoms with Crippen molar-refractivity contribution in [1.29, 1.82) is 0 Å². The summed E-state index contributed by atoms with van der Waals surface area (Å²) in [5, 5.41) is 21.0. The Labute approximate surface area is 131 Å². The second kappa shape index (κ2) is 6.97. The minimum absolute atomic E-state index is 0.0997. The van der Waals surface area contributed by atoms with E-state index in [9.17, 15) is 10.2 Å². The summed E-state index contributed by atoms with van der Waals surface area (Å²) in [5.41, 5.74) is -0.743. The molecule has 0 bridgehead atoms. The molecule has 1 saturated heterocycles. The maximum absolute atomic E-state index is 10.2. The lowest BCUT2D eigenvalue weighted by molar-refractivity contribution is -0.0210. The molecule has 1 aliphatic rings. The van der Waals surface area contributed by atoms with E-state index in [2.05, 4.69) is 4.90 Å². The Balaban J connectivity index is 1.81. The molecule has 0 spiro atoms. The van der Waals surface area contributed by atoms with E-state index in [4.69, 9.17) is 16.3 Å². The highest BCUT2D eigenvalue weighted by molar-refractivity contribution is 6.30. The monoisotopic (exact) mass is 313 g/mol. The van der Waals surface area contributed by atoms with Crippen molar-refractivity contribution in [2.75, 3.05) is 19.7 Å². The minimum Gasteiger partial charge on any atom is -0.491 e. The molecule has 1 heterocycles. The maximum Gasteiger partial charge on any atom is 0.119 e. The van der Waals surface area contributed by atoms with Crippen molar-refractivity contribution in [3.63, 3.8) is 0 Å². The summed E-state index contributed by atoms with van der Waals surface area (Å²) < 4.78 is 5.56. The van der Waals surface area contributed by atoms with Gasteiger partial charge in [-0.3, -0.25) is 4.90 Å². The normalized spacial score (nSPS) is 21.5. The van der Waals surface area contributed by atoms with Crippen LogP contribution in [-0.4, -0.2) is 52.6 Å². The molecule has 1 aromatic carbocycles. The molecule has 5 heteroatoms. The van der Waals surface area contributed by atoms with E-state index in [1.54, 1.807) is 24.3 Å². The Morgan fingerprint density at radius 3 is 2.67 bits per heavy atom. The molecule has 2 atom stereocenters. The van der Waals surface area contributed by atoms with Gasteiger partial charge in [-0.1, -0.05) is 11.6 Å². The number of hydrogen-bond acceptors (Lipinski definition) is 4. The van der Waals surface area contributed by atoms with Gasteiger partial charge in [0.25, 0.3) is 0 Å². The number of nitrogens with zero attached hydrogens (tertiary/aromatic N) is 1. The highest BCUT2D eigenvalue weighted by atomic mass is 35.5. The van der Waals surface area contributed by atoms with Gasteiger partial charge in [-0.05, 0) is 57.5 Å². The van der Waals surface area contributed by atoms with Gasteiger partial charge in [-0.15, -0.1) is 0 Å². The highest BCUT2D eigenvalue weighted by Crippen LogP contribution is 2.26. The van der Waals surface area contributed by atoms with Gasteiger partial charge in [0.2, 0.25) is 0 Å². The topological polar surface area (TPSA) is 52.9 Å². The van der Waals surface area contributed by atoms with Gasteiger partial charge in [0.15, 0.2) is 0 Å². The number of ether oxygens (including phenoxy) is 1. The van der Waals surface area contributed by atoms with Crippen LogP contribution in [0.15, 0.2) is 24.3 Å². The van der Waals surface area contributed by atoms with E-state index in [1.165, 1.54) is 0 Å². The highest BCUT2D eigenvalue weighted by Gasteiger charge is 2.36. The van der Waals surface area contributed by atoms with E-state index in [0.29, 0.717) is 17.3 Å². The van der Waals surface area contributed by atoms with Crippen LogP contribution in [0.25, 0.3) is 0 Å². The van der Waals surface area contributed by atoms with Crippen LogP contribution in [0.5, 0.6) is 5.75 Å². The molecule has 2 unspecified atom stereocenters. The van der Waals surface area contributed by atoms with Gasteiger partial charge >= 0.3 is 0 Å². The van der Waals surface area contributed by atoms with Crippen molar-refractivity contribution in [3.05, 3.63) is 29.3 Å². The Hall–Kier alpha value is -0.810. The SMILES string of the molecule is CC(C)(O)C1CCCN1CC(O)COc1ccc(Cl)cc1. The van der Waals surface area contributed by atoms with Gasteiger partial charge < -0.3 is 14.9 Å². The Kier molecular flexibility index (Phi) is 5.49. The first-order valence-electron chi connectivity index (χ1n) is 7.39. The Bertz CT molecular complexity index is 444. The molecule has 1 aliphatic heterocycles. The molecule has 0 aliphatic carbocycles. The number of aliphatic hydroxyl groups is 2. The summed E-state index contributed by atoms with van der Waals surface area (Å²) in [4.78, 5) is 2.15. The minimum atomic E-state index is -0.743. The number of benzene rings is 1. The molecular formula is C16H24ClNO3. The first-order valence-corrected chi connectivity index (χ1v) is 7.77. The molecule has 1 fully saturated rings. The fourth-order valence-corrected chi connectivity index (χ4v) is 3.02.